The lowest BCUT2D eigenvalue weighted by Gasteiger charge is -2.10. The Hall–Kier alpha value is -2.60. The maximum absolute atomic E-state index is 11.1. The number of nitro groups is 1. The van der Waals surface area contributed by atoms with E-state index >= 15 is 0 Å². The fourth-order valence-corrected chi connectivity index (χ4v) is 1.91. The molecule has 0 saturated heterocycles. The number of nitrogens with zero attached hydrogens (tertiary/aromatic N) is 1. The van der Waals surface area contributed by atoms with Crippen LogP contribution in [0.2, 0.25) is 5.02 Å². The molecule has 0 bridgehead atoms. The van der Waals surface area contributed by atoms with Gasteiger partial charge in [0.05, 0.1) is 9.95 Å². The Bertz CT molecular complexity index is 729. The third-order valence-corrected chi connectivity index (χ3v) is 3.01. The molecule has 108 valence electrons. The molecule has 1 N–H and O–H groups in total. The van der Waals surface area contributed by atoms with Gasteiger partial charge in [-0.05, 0) is 30.7 Å². The van der Waals surface area contributed by atoms with Crippen molar-refractivity contribution in [3.05, 3.63) is 62.7 Å². The molecule has 0 heterocycles. The first kappa shape index (κ1) is 14.8. The summed E-state index contributed by atoms with van der Waals surface area (Å²) < 4.78 is 5.48. The van der Waals surface area contributed by atoms with Crippen molar-refractivity contribution in [3.8, 4) is 11.5 Å². The van der Waals surface area contributed by atoms with Crippen molar-refractivity contribution < 1.29 is 19.6 Å². The number of hydrogen-bond acceptors (Lipinski definition) is 4. The van der Waals surface area contributed by atoms with Gasteiger partial charge in [-0.25, -0.2) is 4.79 Å². The van der Waals surface area contributed by atoms with Crippen LogP contribution in [0, 0.1) is 17.0 Å². The van der Waals surface area contributed by atoms with E-state index < -0.39 is 10.9 Å². The number of non-ortho nitro benzene ring substituents is 1. The van der Waals surface area contributed by atoms with Crippen LogP contribution in [-0.4, -0.2) is 16.0 Å². The van der Waals surface area contributed by atoms with Gasteiger partial charge in [-0.1, -0.05) is 17.7 Å². The fraction of sp³-hybridized carbons (Fsp3) is 0.0714. The molecule has 0 unspecified atom stereocenters. The van der Waals surface area contributed by atoms with Crippen LogP contribution in [-0.2, 0) is 0 Å². The summed E-state index contributed by atoms with van der Waals surface area (Å²) in [7, 11) is 0. The second-order valence-corrected chi connectivity index (χ2v) is 4.69. The van der Waals surface area contributed by atoms with Gasteiger partial charge in [0.2, 0.25) is 0 Å². The zero-order valence-corrected chi connectivity index (χ0v) is 11.6. The zero-order chi connectivity index (χ0) is 15.6. The van der Waals surface area contributed by atoms with Gasteiger partial charge in [-0.3, -0.25) is 10.1 Å². The van der Waals surface area contributed by atoms with Crippen molar-refractivity contribution in [2.24, 2.45) is 0 Å². The second-order valence-electron chi connectivity index (χ2n) is 4.28. The fourth-order valence-electron chi connectivity index (χ4n) is 1.70. The summed E-state index contributed by atoms with van der Waals surface area (Å²) in [6.07, 6.45) is 0. The van der Waals surface area contributed by atoms with E-state index in [1.165, 1.54) is 18.2 Å². The SMILES string of the molecule is Cc1ccc(C(=O)O)c(Oc2ccc([N+](=O)[O-])cc2Cl)c1. The number of nitro benzene ring substituents is 1. The van der Waals surface area contributed by atoms with Gasteiger partial charge in [-0.2, -0.15) is 0 Å². The molecule has 21 heavy (non-hydrogen) atoms. The molecular formula is C14H10ClNO5. The molecule has 2 rings (SSSR count). The van der Waals surface area contributed by atoms with Gasteiger partial charge in [0.1, 0.15) is 17.1 Å². The molecule has 0 amide bonds. The number of rotatable bonds is 4. The normalized spacial score (nSPS) is 10.2. The molecule has 0 saturated carbocycles. The van der Waals surface area contributed by atoms with E-state index in [9.17, 15) is 14.9 Å². The second kappa shape index (κ2) is 5.80. The highest BCUT2D eigenvalue weighted by Crippen LogP contribution is 2.34. The van der Waals surface area contributed by atoms with E-state index in [0.717, 1.165) is 11.6 Å². The molecule has 2 aromatic rings. The zero-order valence-electron chi connectivity index (χ0n) is 10.9. The number of aromatic carboxylic acids is 1. The number of ether oxygens (including phenoxy) is 1. The number of benzene rings is 2. The van der Waals surface area contributed by atoms with E-state index in [1.807, 2.05) is 0 Å². The standard InChI is InChI=1S/C14H10ClNO5/c1-8-2-4-10(14(17)18)13(6-8)21-12-5-3-9(16(19)20)7-11(12)15/h2-7H,1H3,(H,17,18). The summed E-state index contributed by atoms with van der Waals surface area (Å²) in [5, 5.41) is 19.8. The molecule has 0 atom stereocenters. The quantitative estimate of drug-likeness (QED) is 0.680. The maximum Gasteiger partial charge on any atom is 0.339 e. The maximum atomic E-state index is 11.1. The van der Waals surface area contributed by atoms with Gasteiger partial charge < -0.3 is 9.84 Å². The number of carboxylic acid groups (broad SMARTS) is 1. The molecule has 7 heteroatoms. The molecule has 0 aliphatic heterocycles. The van der Waals surface area contributed by atoms with Crippen LogP contribution in [0.15, 0.2) is 36.4 Å². The van der Waals surface area contributed by atoms with E-state index in [4.69, 9.17) is 21.4 Å². The van der Waals surface area contributed by atoms with Crippen molar-refractivity contribution in [1.29, 1.82) is 0 Å². The molecule has 0 radical (unpaired) electrons. The van der Waals surface area contributed by atoms with Crippen LogP contribution in [0.5, 0.6) is 11.5 Å². The van der Waals surface area contributed by atoms with Gasteiger partial charge >= 0.3 is 5.97 Å². The summed E-state index contributed by atoms with van der Waals surface area (Å²) in [5.74, 6) is -0.864. The first-order valence-corrected chi connectivity index (χ1v) is 6.22. The summed E-state index contributed by atoms with van der Waals surface area (Å²) in [4.78, 5) is 21.2. The number of halogens is 1. The Kier molecular flexibility index (Phi) is 4.09. The highest BCUT2D eigenvalue weighted by Gasteiger charge is 2.15. The summed E-state index contributed by atoms with van der Waals surface area (Å²) >= 11 is 5.92. The minimum absolute atomic E-state index is 0.0185. The predicted molar refractivity (Wildman–Crippen MR) is 76.3 cm³/mol. The minimum atomic E-state index is -1.14. The van der Waals surface area contributed by atoms with Gasteiger partial charge in [0, 0.05) is 12.1 Å². The van der Waals surface area contributed by atoms with Crippen LogP contribution >= 0.6 is 11.6 Å². The lowest BCUT2D eigenvalue weighted by Crippen LogP contribution is -2.00. The van der Waals surface area contributed by atoms with E-state index in [-0.39, 0.29) is 27.8 Å². The predicted octanol–water partition coefficient (Wildman–Crippen LogP) is 4.05. The molecule has 0 spiro atoms. The Morgan fingerprint density at radius 2 is 1.95 bits per heavy atom. The van der Waals surface area contributed by atoms with E-state index in [1.54, 1.807) is 19.1 Å². The van der Waals surface area contributed by atoms with E-state index in [0.29, 0.717) is 0 Å². The molecular weight excluding hydrogens is 298 g/mol. The average molecular weight is 308 g/mol. The highest BCUT2D eigenvalue weighted by atomic mass is 35.5. The molecule has 0 aromatic heterocycles. The summed E-state index contributed by atoms with van der Waals surface area (Å²) in [6.45, 7) is 1.79. The molecule has 0 aliphatic rings. The van der Waals surface area contributed by atoms with Crippen LogP contribution in [0.1, 0.15) is 15.9 Å². The van der Waals surface area contributed by atoms with Gasteiger partial charge in [0.15, 0.2) is 0 Å². The number of aryl methyl sites for hydroxylation is 1. The van der Waals surface area contributed by atoms with Crippen molar-refractivity contribution in [1.82, 2.24) is 0 Å². The van der Waals surface area contributed by atoms with Crippen LogP contribution in [0.4, 0.5) is 5.69 Å². The van der Waals surface area contributed by atoms with Crippen molar-refractivity contribution in [2.45, 2.75) is 6.92 Å². The number of carboxylic acids is 1. The first-order chi connectivity index (χ1) is 9.88. The largest absolute Gasteiger partial charge is 0.478 e. The van der Waals surface area contributed by atoms with Crippen molar-refractivity contribution in [2.75, 3.05) is 0 Å². The Morgan fingerprint density at radius 1 is 1.24 bits per heavy atom. The molecule has 0 fully saturated rings. The van der Waals surface area contributed by atoms with Crippen LogP contribution in [0.25, 0.3) is 0 Å². The summed E-state index contributed by atoms with van der Waals surface area (Å²) in [5.41, 5.74) is 0.623. The average Bonchev–Trinajstić information content (AvgIpc) is 2.40. The Balaban J connectivity index is 2.40. The van der Waals surface area contributed by atoms with Gasteiger partial charge in [-0.15, -0.1) is 0 Å². The van der Waals surface area contributed by atoms with Crippen molar-refractivity contribution >= 4 is 23.3 Å². The van der Waals surface area contributed by atoms with Crippen LogP contribution < -0.4 is 4.74 Å². The van der Waals surface area contributed by atoms with Gasteiger partial charge in [0.25, 0.3) is 5.69 Å². The third kappa shape index (κ3) is 3.29. The van der Waals surface area contributed by atoms with Crippen molar-refractivity contribution in [3.63, 3.8) is 0 Å². The Morgan fingerprint density at radius 3 is 2.52 bits per heavy atom. The molecule has 6 nitrogen and oxygen atoms in total. The third-order valence-electron chi connectivity index (χ3n) is 2.71. The Labute approximate surface area is 124 Å². The van der Waals surface area contributed by atoms with Crippen LogP contribution in [0.3, 0.4) is 0 Å². The smallest absolute Gasteiger partial charge is 0.339 e. The number of hydrogen-bond donors (Lipinski definition) is 1. The number of carbonyl (C=O) groups is 1. The minimum Gasteiger partial charge on any atom is -0.478 e. The molecule has 2 aromatic carbocycles. The summed E-state index contributed by atoms with van der Waals surface area (Å²) in [6, 6.07) is 8.33. The first-order valence-electron chi connectivity index (χ1n) is 5.84. The lowest BCUT2D eigenvalue weighted by atomic mass is 10.1. The highest BCUT2D eigenvalue weighted by molar-refractivity contribution is 6.32. The lowest BCUT2D eigenvalue weighted by molar-refractivity contribution is -0.384. The monoisotopic (exact) mass is 307 g/mol. The molecule has 0 aliphatic carbocycles. The topological polar surface area (TPSA) is 89.7 Å². The van der Waals surface area contributed by atoms with E-state index in [2.05, 4.69) is 0 Å².